The van der Waals surface area contributed by atoms with Crippen molar-refractivity contribution < 1.29 is 14.6 Å². The minimum Gasteiger partial charge on any atom is -0.489 e. The molecular formula is C21H22O3S. The fraction of sp³-hybridized carbons (Fsp3) is 0.286. The van der Waals surface area contributed by atoms with Crippen molar-refractivity contribution >= 4 is 27.4 Å². The van der Waals surface area contributed by atoms with Crippen molar-refractivity contribution in [1.29, 1.82) is 0 Å². The molecule has 25 heavy (non-hydrogen) atoms. The maximum Gasteiger partial charge on any atom is 0.311 e. The van der Waals surface area contributed by atoms with Crippen molar-refractivity contribution in [1.82, 2.24) is 0 Å². The third-order valence-corrected chi connectivity index (χ3v) is 5.51. The van der Waals surface area contributed by atoms with Crippen LogP contribution in [0, 0.1) is 13.8 Å². The summed E-state index contributed by atoms with van der Waals surface area (Å²) in [4.78, 5) is 11.4. The average molecular weight is 354 g/mol. The number of aliphatic carboxylic acids is 1. The SMILES string of the molecule is CCC(C(=O)O)c1csc2cc(OCc3ccc(C)cc3C)ccc12. The van der Waals surface area contributed by atoms with E-state index in [4.69, 9.17) is 4.74 Å². The molecule has 0 aliphatic rings. The monoisotopic (exact) mass is 354 g/mol. The summed E-state index contributed by atoms with van der Waals surface area (Å²) in [6.45, 7) is 6.62. The lowest BCUT2D eigenvalue weighted by atomic mass is 9.96. The number of hydrogen-bond acceptors (Lipinski definition) is 3. The van der Waals surface area contributed by atoms with Crippen LogP contribution in [-0.2, 0) is 11.4 Å². The quantitative estimate of drug-likeness (QED) is 0.620. The second-order valence-corrected chi connectivity index (χ2v) is 7.28. The van der Waals surface area contributed by atoms with Gasteiger partial charge in [-0.3, -0.25) is 4.79 Å². The number of thiophene rings is 1. The van der Waals surface area contributed by atoms with Gasteiger partial charge >= 0.3 is 5.97 Å². The van der Waals surface area contributed by atoms with E-state index in [1.165, 1.54) is 16.7 Å². The minimum atomic E-state index is -0.766. The number of aryl methyl sites for hydroxylation is 2. The lowest BCUT2D eigenvalue weighted by Gasteiger charge is -2.11. The molecule has 2 aromatic carbocycles. The highest BCUT2D eigenvalue weighted by Gasteiger charge is 2.21. The molecule has 0 saturated carbocycles. The zero-order chi connectivity index (χ0) is 18.0. The number of rotatable bonds is 6. The van der Waals surface area contributed by atoms with Gasteiger partial charge in [0, 0.05) is 4.70 Å². The first-order chi connectivity index (χ1) is 12.0. The van der Waals surface area contributed by atoms with E-state index in [9.17, 15) is 9.90 Å². The average Bonchev–Trinajstić information content (AvgIpc) is 2.97. The van der Waals surface area contributed by atoms with Gasteiger partial charge in [0.2, 0.25) is 0 Å². The number of benzene rings is 2. The third kappa shape index (κ3) is 3.69. The van der Waals surface area contributed by atoms with Crippen LogP contribution in [0.1, 0.15) is 41.5 Å². The molecule has 1 N–H and O–H groups in total. The molecule has 1 atom stereocenters. The fourth-order valence-electron chi connectivity index (χ4n) is 3.09. The van der Waals surface area contributed by atoms with E-state index in [0.717, 1.165) is 21.4 Å². The molecule has 0 aliphatic carbocycles. The van der Waals surface area contributed by atoms with Crippen molar-refractivity contribution in [3.63, 3.8) is 0 Å². The summed E-state index contributed by atoms with van der Waals surface area (Å²) in [6, 6.07) is 12.3. The Balaban J connectivity index is 1.81. The fourth-order valence-corrected chi connectivity index (χ4v) is 4.13. The van der Waals surface area contributed by atoms with Crippen LogP contribution in [0.15, 0.2) is 41.8 Å². The van der Waals surface area contributed by atoms with Crippen LogP contribution in [0.5, 0.6) is 5.75 Å². The summed E-state index contributed by atoms with van der Waals surface area (Å²) in [5.74, 6) is -0.405. The first kappa shape index (κ1) is 17.5. The number of carboxylic acids is 1. The number of hydrogen-bond donors (Lipinski definition) is 1. The number of carbonyl (C=O) groups is 1. The first-order valence-electron chi connectivity index (χ1n) is 8.42. The van der Waals surface area contributed by atoms with E-state index in [0.29, 0.717) is 13.0 Å². The zero-order valence-electron chi connectivity index (χ0n) is 14.7. The molecule has 1 aromatic heterocycles. The second-order valence-electron chi connectivity index (χ2n) is 6.37. The van der Waals surface area contributed by atoms with Gasteiger partial charge in [0.1, 0.15) is 12.4 Å². The Morgan fingerprint density at radius 3 is 2.68 bits per heavy atom. The summed E-state index contributed by atoms with van der Waals surface area (Å²) in [7, 11) is 0. The Kier molecular flexibility index (Phi) is 5.09. The van der Waals surface area contributed by atoms with E-state index < -0.39 is 11.9 Å². The second kappa shape index (κ2) is 7.28. The predicted molar refractivity (Wildman–Crippen MR) is 103 cm³/mol. The van der Waals surface area contributed by atoms with Crippen LogP contribution >= 0.6 is 11.3 Å². The van der Waals surface area contributed by atoms with Crippen molar-refractivity contribution in [2.24, 2.45) is 0 Å². The molecule has 0 fully saturated rings. The standard InChI is InChI=1S/C21H22O3S/c1-4-17(21(22)23)19-12-25-20-10-16(7-8-18(19)20)24-11-15-6-5-13(2)9-14(15)3/h5-10,12,17H,4,11H2,1-3H3,(H,22,23). The first-order valence-corrected chi connectivity index (χ1v) is 9.30. The molecule has 3 rings (SSSR count). The lowest BCUT2D eigenvalue weighted by Crippen LogP contribution is -2.09. The number of carboxylic acid groups (broad SMARTS) is 1. The molecule has 0 spiro atoms. The Labute approximate surface area is 151 Å². The molecule has 3 aromatic rings. The molecule has 0 aliphatic heterocycles. The molecule has 1 unspecified atom stereocenters. The third-order valence-electron chi connectivity index (χ3n) is 4.55. The highest BCUT2D eigenvalue weighted by molar-refractivity contribution is 7.17. The normalized spacial score (nSPS) is 12.3. The summed E-state index contributed by atoms with van der Waals surface area (Å²) < 4.78 is 7.02. The van der Waals surface area contributed by atoms with Crippen LogP contribution in [-0.4, -0.2) is 11.1 Å². The number of fused-ring (bicyclic) bond motifs is 1. The Hall–Kier alpha value is -2.33. The highest BCUT2D eigenvalue weighted by atomic mass is 32.1. The van der Waals surface area contributed by atoms with Gasteiger partial charge in [0.15, 0.2) is 0 Å². The maximum absolute atomic E-state index is 11.4. The summed E-state index contributed by atoms with van der Waals surface area (Å²) in [5.41, 5.74) is 4.55. The smallest absolute Gasteiger partial charge is 0.311 e. The van der Waals surface area contributed by atoms with Crippen molar-refractivity contribution in [3.8, 4) is 5.75 Å². The van der Waals surface area contributed by atoms with Gasteiger partial charge in [-0.15, -0.1) is 11.3 Å². The van der Waals surface area contributed by atoms with Crippen LogP contribution < -0.4 is 4.74 Å². The van der Waals surface area contributed by atoms with Crippen molar-refractivity contribution in [2.75, 3.05) is 0 Å². The van der Waals surface area contributed by atoms with Crippen molar-refractivity contribution in [3.05, 3.63) is 64.0 Å². The highest BCUT2D eigenvalue weighted by Crippen LogP contribution is 2.35. The molecule has 130 valence electrons. The van der Waals surface area contributed by atoms with Gasteiger partial charge in [0.05, 0.1) is 5.92 Å². The molecule has 1 heterocycles. The van der Waals surface area contributed by atoms with Gasteiger partial charge in [-0.05, 0) is 65.9 Å². The number of ether oxygens (including phenoxy) is 1. The van der Waals surface area contributed by atoms with Crippen LogP contribution in [0.2, 0.25) is 0 Å². The van der Waals surface area contributed by atoms with Crippen LogP contribution in [0.4, 0.5) is 0 Å². The molecule has 0 bridgehead atoms. The van der Waals surface area contributed by atoms with Gasteiger partial charge < -0.3 is 9.84 Å². The van der Waals surface area contributed by atoms with Crippen molar-refractivity contribution in [2.45, 2.75) is 39.7 Å². The Morgan fingerprint density at radius 1 is 1.20 bits per heavy atom. The van der Waals surface area contributed by atoms with E-state index in [1.54, 1.807) is 11.3 Å². The summed E-state index contributed by atoms with van der Waals surface area (Å²) in [6.07, 6.45) is 0.589. The molecular weight excluding hydrogens is 332 g/mol. The summed E-state index contributed by atoms with van der Waals surface area (Å²) in [5, 5.41) is 12.4. The largest absolute Gasteiger partial charge is 0.489 e. The molecule has 0 saturated heterocycles. The van der Waals surface area contributed by atoms with E-state index >= 15 is 0 Å². The van der Waals surface area contributed by atoms with Gasteiger partial charge in [-0.1, -0.05) is 30.7 Å². The van der Waals surface area contributed by atoms with E-state index in [1.807, 2.05) is 30.5 Å². The Morgan fingerprint density at radius 2 is 2.00 bits per heavy atom. The van der Waals surface area contributed by atoms with Gasteiger partial charge in [0.25, 0.3) is 0 Å². The molecule has 3 nitrogen and oxygen atoms in total. The molecule has 0 amide bonds. The van der Waals surface area contributed by atoms with Gasteiger partial charge in [-0.2, -0.15) is 0 Å². The van der Waals surface area contributed by atoms with E-state index in [2.05, 4.69) is 32.0 Å². The lowest BCUT2D eigenvalue weighted by molar-refractivity contribution is -0.138. The molecule has 0 radical (unpaired) electrons. The minimum absolute atomic E-state index is 0.448. The maximum atomic E-state index is 11.4. The Bertz CT molecular complexity index is 911. The van der Waals surface area contributed by atoms with Crippen LogP contribution in [0.3, 0.4) is 0 Å². The topological polar surface area (TPSA) is 46.5 Å². The van der Waals surface area contributed by atoms with Crippen LogP contribution in [0.25, 0.3) is 10.1 Å². The van der Waals surface area contributed by atoms with Gasteiger partial charge in [-0.25, -0.2) is 0 Å². The predicted octanol–water partition coefficient (Wildman–Crippen LogP) is 5.68. The van der Waals surface area contributed by atoms with E-state index in [-0.39, 0.29) is 0 Å². The zero-order valence-corrected chi connectivity index (χ0v) is 15.5. The molecule has 4 heteroatoms. The summed E-state index contributed by atoms with van der Waals surface area (Å²) >= 11 is 1.57.